The van der Waals surface area contributed by atoms with Crippen LogP contribution in [-0.4, -0.2) is 24.2 Å². The number of amidine groups is 1. The van der Waals surface area contributed by atoms with E-state index in [-0.39, 0.29) is 11.7 Å². The van der Waals surface area contributed by atoms with Gasteiger partial charge >= 0.3 is 0 Å². The Hall–Kier alpha value is -2.61. The second-order valence-electron chi connectivity index (χ2n) is 6.11. The monoisotopic (exact) mass is 421 g/mol. The molecule has 7 nitrogen and oxygen atoms in total. The topological polar surface area (TPSA) is 137 Å². The molecule has 2 aromatic rings. The van der Waals surface area contributed by atoms with Gasteiger partial charge in [0.2, 0.25) is 11.8 Å². The number of carbonyl (C=O) groups is 2. The van der Waals surface area contributed by atoms with Crippen LogP contribution in [0.5, 0.6) is 0 Å². The van der Waals surface area contributed by atoms with Gasteiger partial charge in [-0.15, -0.1) is 0 Å². The number of anilines is 2. The van der Waals surface area contributed by atoms with Crippen molar-refractivity contribution in [2.24, 2.45) is 16.5 Å². The lowest BCUT2D eigenvalue weighted by Gasteiger charge is -2.18. The van der Waals surface area contributed by atoms with Crippen molar-refractivity contribution in [3.63, 3.8) is 0 Å². The van der Waals surface area contributed by atoms with E-state index >= 15 is 0 Å². The van der Waals surface area contributed by atoms with Crippen LogP contribution in [0, 0.1) is 0 Å². The number of halogens is 2. The smallest absolute Gasteiger partial charge is 0.244 e. The molecule has 0 saturated carbocycles. The van der Waals surface area contributed by atoms with Crippen LogP contribution in [0.25, 0.3) is 0 Å². The van der Waals surface area contributed by atoms with Gasteiger partial charge in [-0.3, -0.25) is 9.59 Å². The second kappa shape index (κ2) is 9.54. The highest BCUT2D eigenvalue weighted by atomic mass is 35.5. The summed E-state index contributed by atoms with van der Waals surface area (Å²) in [6.45, 7) is 1.59. The lowest BCUT2D eigenvalue weighted by atomic mass is 9.94. The normalized spacial score (nSPS) is 12.5. The fourth-order valence-electron chi connectivity index (χ4n) is 2.66. The van der Waals surface area contributed by atoms with Crippen molar-refractivity contribution in [2.45, 2.75) is 19.3 Å². The largest absolute Gasteiger partial charge is 0.398 e. The molecule has 0 heterocycles. The molecule has 0 aromatic heterocycles. The number of carbonyl (C=O) groups excluding carboxylic acids is 2. The van der Waals surface area contributed by atoms with E-state index in [1.54, 1.807) is 36.4 Å². The number of nitrogens with one attached hydrogen (secondary N) is 1. The zero-order valence-electron chi connectivity index (χ0n) is 15.2. The first-order valence-corrected chi connectivity index (χ1v) is 9.19. The molecule has 9 heteroatoms. The standard InChI is InChI=1S/C19H21Cl2N5O2/c1-10(27)25-18(24)14-9-12(3-5-17(14)23)26-19(28)13(6-7-22)11-2-4-15(20)16(21)8-11/h2-5,8-9,13H,6-7,22-23H2,1H3,(H,26,28)(H2,24,25,27). The van der Waals surface area contributed by atoms with Gasteiger partial charge in [0.1, 0.15) is 5.84 Å². The summed E-state index contributed by atoms with van der Waals surface area (Å²) >= 11 is 12.0. The summed E-state index contributed by atoms with van der Waals surface area (Å²) in [6.07, 6.45) is 0.416. The molecule has 2 aromatic carbocycles. The van der Waals surface area contributed by atoms with Crippen molar-refractivity contribution in [3.05, 3.63) is 57.6 Å². The molecule has 0 spiro atoms. The Morgan fingerprint density at radius 1 is 1.14 bits per heavy atom. The minimum atomic E-state index is -0.524. The van der Waals surface area contributed by atoms with Crippen molar-refractivity contribution in [3.8, 4) is 0 Å². The third-order valence-corrected chi connectivity index (χ3v) is 4.73. The van der Waals surface area contributed by atoms with Gasteiger partial charge in [-0.05, 0) is 48.9 Å². The molecule has 0 bridgehead atoms. The third kappa shape index (κ3) is 5.45. The van der Waals surface area contributed by atoms with Gasteiger partial charge in [-0.2, -0.15) is 4.99 Å². The summed E-state index contributed by atoms with van der Waals surface area (Å²) in [4.78, 5) is 27.7. The minimum Gasteiger partial charge on any atom is -0.398 e. The van der Waals surface area contributed by atoms with Crippen LogP contribution in [0.4, 0.5) is 11.4 Å². The quantitative estimate of drug-likeness (QED) is 0.322. The number of nitrogens with two attached hydrogens (primary N) is 3. The Morgan fingerprint density at radius 2 is 1.86 bits per heavy atom. The van der Waals surface area contributed by atoms with Crippen molar-refractivity contribution in [1.29, 1.82) is 0 Å². The number of nitrogens with zero attached hydrogens (tertiary/aromatic N) is 1. The van der Waals surface area contributed by atoms with Crippen molar-refractivity contribution in [1.82, 2.24) is 0 Å². The van der Waals surface area contributed by atoms with Crippen LogP contribution in [0.3, 0.4) is 0 Å². The van der Waals surface area contributed by atoms with E-state index in [2.05, 4.69) is 10.3 Å². The molecule has 0 radical (unpaired) electrons. The zero-order valence-corrected chi connectivity index (χ0v) is 16.7. The van der Waals surface area contributed by atoms with Gasteiger partial charge in [0, 0.05) is 23.9 Å². The highest BCUT2D eigenvalue weighted by Gasteiger charge is 2.21. The van der Waals surface area contributed by atoms with Crippen LogP contribution in [0.2, 0.25) is 10.0 Å². The lowest BCUT2D eigenvalue weighted by Crippen LogP contribution is -2.24. The zero-order chi connectivity index (χ0) is 20.8. The van der Waals surface area contributed by atoms with E-state index in [0.29, 0.717) is 45.5 Å². The van der Waals surface area contributed by atoms with Crippen LogP contribution in [0.1, 0.15) is 30.4 Å². The van der Waals surface area contributed by atoms with Gasteiger partial charge in [0.15, 0.2) is 0 Å². The molecule has 2 rings (SSSR count). The molecule has 0 aliphatic carbocycles. The number of hydrogen-bond acceptors (Lipinski definition) is 4. The van der Waals surface area contributed by atoms with Crippen LogP contribution in [-0.2, 0) is 9.59 Å². The number of aliphatic imine (C=N–C) groups is 1. The predicted molar refractivity (Wildman–Crippen MR) is 114 cm³/mol. The third-order valence-electron chi connectivity index (χ3n) is 3.99. The van der Waals surface area contributed by atoms with Gasteiger partial charge in [-0.25, -0.2) is 0 Å². The number of benzene rings is 2. The van der Waals surface area contributed by atoms with Crippen LogP contribution >= 0.6 is 23.2 Å². The Morgan fingerprint density at radius 3 is 2.46 bits per heavy atom. The summed E-state index contributed by atoms with van der Waals surface area (Å²) in [5, 5.41) is 3.58. The Balaban J connectivity index is 2.30. The first-order valence-electron chi connectivity index (χ1n) is 8.43. The van der Waals surface area contributed by atoms with Crippen molar-refractivity contribution in [2.75, 3.05) is 17.6 Å². The van der Waals surface area contributed by atoms with Gasteiger partial charge in [-0.1, -0.05) is 29.3 Å². The molecular weight excluding hydrogens is 401 g/mol. The number of rotatable bonds is 6. The van der Waals surface area contributed by atoms with Crippen LogP contribution < -0.4 is 22.5 Å². The highest BCUT2D eigenvalue weighted by molar-refractivity contribution is 6.42. The predicted octanol–water partition coefficient (Wildman–Crippen LogP) is 2.90. The molecule has 148 valence electrons. The summed E-state index contributed by atoms with van der Waals surface area (Å²) in [5.74, 6) is -1.27. The van der Waals surface area contributed by atoms with E-state index in [9.17, 15) is 9.59 Å². The fourth-order valence-corrected chi connectivity index (χ4v) is 2.97. The number of nitrogen functional groups attached to an aromatic ring is 1. The van der Waals surface area contributed by atoms with Gasteiger partial charge < -0.3 is 22.5 Å². The molecule has 0 saturated heterocycles. The molecule has 28 heavy (non-hydrogen) atoms. The molecule has 0 fully saturated rings. The van der Waals surface area contributed by atoms with E-state index in [0.717, 1.165) is 0 Å². The maximum Gasteiger partial charge on any atom is 0.244 e. The molecule has 2 amide bonds. The molecule has 1 unspecified atom stereocenters. The van der Waals surface area contributed by atoms with E-state index in [1.165, 1.54) is 6.92 Å². The molecule has 7 N–H and O–H groups in total. The maximum absolute atomic E-state index is 12.9. The van der Waals surface area contributed by atoms with E-state index in [4.69, 9.17) is 40.4 Å². The average molecular weight is 422 g/mol. The second-order valence-corrected chi connectivity index (χ2v) is 6.93. The summed E-state index contributed by atoms with van der Waals surface area (Å²) in [7, 11) is 0. The van der Waals surface area contributed by atoms with Crippen molar-refractivity contribution >= 4 is 52.2 Å². The lowest BCUT2D eigenvalue weighted by molar-refractivity contribution is -0.118. The highest BCUT2D eigenvalue weighted by Crippen LogP contribution is 2.29. The first-order chi connectivity index (χ1) is 13.2. The number of hydrogen-bond donors (Lipinski definition) is 4. The molecule has 1 atom stereocenters. The van der Waals surface area contributed by atoms with Crippen LogP contribution in [0.15, 0.2) is 41.4 Å². The molecule has 0 aliphatic rings. The Bertz CT molecular complexity index is 931. The van der Waals surface area contributed by atoms with E-state index in [1.807, 2.05) is 0 Å². The summed E-state index contributed by atoms with van der Waals surface area (Å²) in [6, 6.07) is 9.78. The first kappa shape index (κ1) is 21.7. The summed E-state index contributed by atoms with van der Waals surface area (Å²) < 4.78 is 0. The Labute approximate surface area is 172 Å². The van der Waals surface area contributed by atoms with Gasteiger partial charge in [0.05, 0.1) is 16.0 Å². The molecular formula is C19H21Cl2N5O2. The Kier molecular flexibility index (Phi) is 7.39. The SMILES string of the molecule is CC(=O)N=C(N)c1cc(NC(=O)C(CCN)c2ccc(Cl)c(Cl)c2)ccc1N. The van der Waals surface area contributed by atoms with Crippen molar-refractivity contribution < 1.29 is 9.59 Å². The minimum absolute atomic E-state index is 0.0240. The maximum atomic E-state index is 12.9. The summed E-state index contributed by atoms with van der Waals surface area (Å²) in [5.41, 5.74) is 19.2. The van der Waals surface area contributed by atoms with E-state index < -0.39 is 11.8 Å². The van der Waals surface area contributed by atoms with Gasteiger partial charge in [0.25, 0.3) is 0 Å². The molecule has 0 aliphatic heterocycles. The average Bonchev–Trinajstić information content (AvgIpc) is 2.63. The fraction of sp³-hybridized carbons (Fsp3) is 0.211. The number of amides is 2.